The van der Waals surface area contributed by atoms with Crippen LogP contribution in [0.3, 0.4) is 0 Å². The molecule has 0 fully saturated rings. The number of aliphatic imine (C=N–C) groups is 1. The Morgan fingerprint density at radius 1 is 1.64 bits per heavy atom. The minimum atomic E-state index is -1.01. The Balaban J connectivity index is 3.54. The van der Waals surface area contributed by atoms with Crippen molar-refractivity contribution in [2.45, 2.75) is 0 Å². The number of guanidine groups is 1. The molecule has 0 spiro atoms. The summed E-state index contributed by atoms with van der Waals surface area (Å²) in [7, 11) is 0. The van der Waals surface area contributed by atoms with E-state index in [1.54, 1.807) is 0 Å². The Morgan fingerprint density at radius 2 is 2.27 bits per heavy atom. The molecule has 0 amide bonds. The third kappa shape index (κ3) is 6.59. The van der Waals surface area contributed by atoms with Gasteiger partial charge in [-0.3, -0.25) is 4.79 Å². The summed E-state index contributed by atoms with van der Waals surface area (Å²) in [6.45, 7) is 0.613. The van der Waals surface area contributed by atoms with E-state index in [2.05, 4.69) is 10.3 Å². The number of carbonyl (C=O) groups is 1. The molecule has 64 valence electrons. The Labute approximate surface area is 64.3 Å². The lowest BCUT2D eigenvalue weighted by atomic mass is 10.6. The summed E-state index contributed by atoms with van der Waals surface area (Å²) in [5.74, 6) is -0.902. The Kier molecular flexibility index (Phi) is 4.83. The van der Waals surface area contributed by atoms with Crippen molar-refractivity contribution in [1.82, 2.24) is 5.32 Å². The van der Waals surface area contributed by atoms with E-state index in [0.29, 0.717) is 13.1 Å². The van der Waals surface area contributed by atoms with Gasteiger partial charge in [0.2, 0.25) is 0 Å². The minimum Gasteiger partial charge on any atom is -0.480 e. The van der Waals surface area contributed by atoms with Gasteiger partial charge in [0, 0.05) is 13.1 Å². The van der Waals surface area contributed by atoms with E-state index in [4.69, 9.17) is 16.6 Å². The van der Waals surface area contributed by atoms with Crippen LogP contribution in [0.2, 0.25) is 0 Å². The molecule has 0 bridgehead atoms. The normalized spacial score (nSPS) is 11.2. The molecule has 0 rings (SSSR count). The van der Waals surface area contributed by atoms with Crippen molar-refractivity contribution in [3.63, 3.8) is 0 Å². The molecule has 0 radical (unpaired) electrons. The van der Waals surface area contributed by atoms with E-state index in [0.717, 1.165) is 0 Å². The van der Waals surface area contributed by atoms with E-state index >= 15 is 0 Å². The molecule has 0 aromatic heterocycles. The average Bonchev–Trinajstić information content (AvgIpc) is 1.97. The van der Waals surface area contributed by atoms with Gasteiger partial charge in [0.1, 0.15) is 6.54 Å². The first-order valence-electron chi connectivity index (χ1n) is 3.12. The molecular formula is C5H12N4O2. The van der Waals surface area contributed by atoms with Gasteiger partial charge in [0.05, 0.1) is 0 Å². The topological polar surface area (TPSA) is 114 Å². The van der Waals surface area contributed by atoms with Crippen LogP contribution < -0.4 is 16.8 Å². The molecule has 0 saturated heterocycles. The summed E-state index contributed by atoms with van der Waals surface area (Å²) in [4.78, 5) is 13.5. The summed E-state index contributed by atoms with van der Waals surface area (Å²) in [5.41, 5.74) is 10.4. The molecule has 6 N–H and O–H groups in total. The fraction of sp³-hybridized carbons (Fsp3) is 0.600. The van der Waals surface area contributed by atoms with Crippen LogP contribution in [0.25, 0.3) is 0 Å². The summed E-state index contributed by atoms with van der Waals surface area (Å²) in [6.07, 6.45) is 0. The van der Waals surface area contributed by atoms with Gasteiger partial charge in [-0.15, -0.1) is 0 Å². The predicted molar refractivity (Wildman–Crippen MR) is 41.2 cm³/mol. The highest BCUT2D eigenvalue weighted by molar-refractivity contribution is 5.80. The zero-order valence-corrected chi connectivity index (χ0v) is 6.08. The van der Waals surface area contributed by atoms with E-state index in [-0.39, 0.29) is 12.5 Å². The van der Waals surface area contributed by atoms with E-state index in [9.17, 15) is 4.79 Å². The molecule has 0 aromatic rings. The fourth-order valence-corrected chi connectivity index (χ4v) is 0.409. The Hall–Kier alpha value is -1.30. The van der Waals surface area contributed by atoms with Gasteiger partial charge in [-0.2, -0.15) is 0 Å². The third-order valence-electron chi connectivity index (χ3n) is 0.835. The summed E-state index contributed by atoms with van der Waals surface area (Å²) in [6, 6.07) is 0. The van der Waals surface area contributed by atoms with E-state index in [1.807, 2.05) is 0 Å². The third-order valence-corrected chi connectivity index (χ3v) is 0.835. The molecule has 6 heteroatoms. The largest absolute Gasteiger partial charge is 0.480 e. The quantitative estimate of drug-likeness (QED) is 0.279. The van der Waals surface area contributed by atoms with E-state index < -0.39 is 5.97 Å². The number of carboxylic acid groups (broad SMARTS) is 1. The highest BCUT2D eigenvalue weighted by Crippen LogP contribution is 1.68. The number of hydrogen-bond donors (Lipinski definition) is 4. The van der Waals surface area contributed by atoms with E-state index in [1.165, 1.54) is 0 Å². The SMILES string of the molecule is NCCNC(N)=NCC(=O)O. The second-order valence-corrected chi connectivity index (χ2v) is 1.81. The van der Waals surface area contributed by atoms with Crippen LogP contribution in [0.4, 0.5) is 0 Å². The van der Waals surface area contributed by atoms with Gasteiger partial charge >= 0.3 is 5.97 Å². The number of nitrogens with two attached hydrogens (primary N) is 2. The maximum Gasteiger partial charge on any atom is 0.325 e. The molecule has 0 aliphatic carbocycles. The molecule has 6 nitrogen and oxygen atoms in total. The highest BCUT2D eigenvalue weighted by Gasteiger charge is 1.93. The lowest BCUT2D eigenvalue weighted by Gasteiger charge is -2.00. The van der Waals surface area contributed by atoms with Crippen molar-refractivity contribution in [3.05, 3.63) is 0 Å². The van der Waals surface area contributed by atoms with Crippen LogP contribution in [-0.4, -0.2) is 36.7 Å². The zero-order valence-electron chi connectivity index (χ0n) is 6.08. The number of nitrogens with one attached hydrogen (secondary N) is 1. The number of aliphatic carboxylic acids is 1. The molecule has 0 aliphatic heterocycles. The van der Waals surface area contributed by atoms with Crippen LogP contribution >= 0.6 is 0 Å². The van der Waals surface area contributed by atoms with Gasteiger partial charge in [-0.05, 0) is 0 Å². The number of rotatable bonds is 4. The van der Waals surface area contributed by atoms with Crippen LogP contribution in [0.1, 0.15) is 0 Å². The molecule has 0 aliphatic rings. The molecular weight excluding hydrogens is 148 g/mol. The summed E-state index contributed by atoms with van der Waals surface area (Å²) in [5, 5.41) is 10.8. The lowest BCUT2D eigenvalue weighted by Crippen LogP contribution is -2.35. The van der Waals surface area contributed by atoms with Crippen molar-refractivity contribution in [2.75, 3.05) is 19.6 Å². The van der Waals surface area contributed by atoms with Crippen molar-refractivity contribution < 1.29 is 9.90 Å². The summed E-state index contributed by atoms with van der Waals surface area (Å²) >= 11 is 0. The number of nitrogens with zero attached hydrogens (tertiary/aromatic N) is 1. The molecule has 0 unspecified atom stereocenters. The van der Waals surface area contributed by atoms with Gasteiger partial charge in [0.25, 0.3) is 0 Å². The second-order valence-electron chi connectivity index (χ2n) is 1.81. The number of hydrogen-bond acceptors (Lipinski definition) is 3. The maximum atomic E-state index is 9.96. The monoisotopic (exact) mass is 160 g/mol. The van der Waals surface area contributed by atoms with Gasteiger partial charge < -0.3 is 21.9 Å². The van der Waals surface area contributed by atoms with Crippen molar-refractivity contribution in [1.29, 1.82) is 0 Å². The first kappa shape index (κ1) is 9.70. The lowest BCUT2D eigenvalue weighted by molar-refractivity contribution is -0.135. The van der Waals surface area contributed by atoms with Crippen LogP contribution in [0.15, 0.2) is 4.99 Å². The fourth-order valence-electron chi connectivity index (χ4n) is 0.409. The van der Waals surface area contributed by atoms with Gasteiger partial charge in [-0.25, -0.2) is 4.99 Å². The summed E-state index contributed by atoms with van der Waals surface area (Å²) < 4.78 is 0. The minimum absolute atomic E-state index is 0.109. The Bertz CT molecular complexity index is 157. The Morgan fingerprint density at radius 3 is 2.73 bits per heavy atom. The van der Waals surface area contributed by atoms with Crippen LogP contribution in [-0.2, 0) is 4.79 Å². The zero-order chi connectivity index (χ0) is 8.69. The molecule has 11 heavy (non-hydrogen) atoms. The number of carboxylic acids is 1. The van der Waals surface area contributed by atoms with Gasteiger partial charge in [-0.1, -0.05) is 0 Å². The average molecular weight is 160 g/mol. The van der Waals surface area contributed by atoms with Crippen molar-refractivity contribution in [2.24, 2.45) is 16.5 Å². The predicted octanol–water partition coefficient (Wildman–Crippen LogP) is -2.07. The van der Waals surface area contributed by atoms with Crippen LogP contribution in [0.5, 0.6) is 0 Å². The van der Waals surface area contributed by atoms with Crippen molar-refractivity contribution >= 4 is 11.9 Å². The second kappa shape index (κ2) is 5.48. The standard InChI is InChI=1S/C5H12N4O2/c6-1-2-8-5(7)9-3-4(10)11/h1-3,6H2,(H,10,11)(H3,7,8,9). The highest BCUT2D eigenvalue weighted by atomic mass is 16.4. The molecule has 0 heterocycles. The smallest absolute Gasteiger partial charge is 0.325 e. The maximum absolute atomic E-state index is 9.96. The van der Waals surface area contributed by atoms with Gasteiger partial charge in [0.15, 0.2) is 5.96 Å². The first-order chi connectivity index (χ1) is 5.16. The molecule has 0 saturated carbocycles. The van der Waals surface area contributed by atoms with Crippen molar-refractivity contribution in [3.8, 4) is 0 Å². The molecule has 0 atom stereocenters. The first-order valence-corrected chi connectivity index (χ1v) is 3.12. The van der Waals surface area contributed by atoms with Crippen LogP contribution in [0, 0.1) is 0 Å². The molecule has 0 aromatic carbocycles.